The SMILES string of the molecule is O=C(NCc1nnc(SCC(=O)N2CCc3ccccc32)n1-c1ccc(Br)cc1)c1ccc(S(=O)(=O)N2CCCC2)cc1. The average Bonchev–Trinajstić information content (AvgIpc) is 3.80. The summed E-state index contributed by atoms with van der Waals surface area (Å²) < 4.78 is 29.9. The number of hydrogen-bond donors (Lipinski definition) is 1. The molecule has 4 aromatic rings. The highest BCUT2D eigenvalue weighted by atomic mass is 79.9. The lowest BCUT2D eigenvalue weighted by Crippen LogP contribution is -2.30. The third-order valence-electron chi connectivity index (χ3n) is 7.52. The van der Waals surface area contributed by atoms with Crippen molar-refractivity contribution in [3.8, 4) is 5.69 Å². The van der Waals surface area contributed by atoms with Gasteiger partial charge in [-0.3, -0.25) is 14.2 Å². The van der Waals surface area contributed by atoms with Crippen LogP contribution in [0.4, 0.5) is 5.69 Å². The summed E-state index contributed by atoms with van der Waals surface area (Å²) in [6.07, 6.45) is 2.55. The number of amides is 2. The Morgan fingerprint density at radius 1 is 0.907 bits per heavy atom. The van der Waals surface area contributed by atoms with Crippen molar-refractivity contribution in [2.75, 3.05) is 30.3 Å². The number of benzene rings is 3. The molecule has 2 aliphatic rings. The molecule has 0 spiro atoms. The summed E-state index contributed by atoms with van der Waals surface area (Å²) in [7, 11) is -3.56. The zero-order chi connectivity index (χ0) is 30.0. The minimum Gasteiger partial charge on any atom is -0.345 e. The van der Waals surface area contributed by atoms with Crippen LogP contribution in [-0.4, -0.2) is 64.7 Å². The van der Waals surface area contributed by atoms with Gasteiger partial charge < -0.3 is 10.2 Å². The van der Waals surface area contributed by atoms with Gasteiger partial charge in [-0.1, -0.05) is 45.9 Å². The van der Waals surface area contributed by atoms with Crippen molar-refractivity contribution in [3.63, 3.8) is 0 Å². The number of para-hydroxylation sites is 1. The van der Waals surface area contributed by atoms with Crippen LogP contribution in [-0.2, 0) is 27.8 Å². The van der Waals surface area contributed by atoms with E-state index in [9.17, 15) is 18.0 Å². The fraction of sp³-hybridized carbons (Fsp3) is 0.267. The molecule has 0 radical (unpaired) electrons. The van der Waals surface area contributed by atoms with Crippen LogP contribution in [0.3, 0.4) is 0 Å². The van der Waals surface area contributed by atoms with Gasteiger partial charge in [0.15, 0.2) is 11.0 Å². The van der Waals surface area contributed by atoms with Crippen LogP contribution >= 0.6 is 27.7 Å². The van der Waals surface area contributed by atoms with E-state index in [4.69, 9.17) is 0 Å². The van der Waals surface area contributed by atoms with Gasteiger partial charge in [0.05, 0.1) is 17.2 Å². The second-order valence-electron chi connectivity index (χ2n) is 10.2. The van der Waals surface area contributed by atoms with Crippen LogP contribution in [0.2, 0.25) is 0 Å². The molecule has 1 fully saturated rings. The maximum Gasteiger partial charge on any atom is 0.251 e. The predicted octanol–water partition coefficient (Wildman–Crippen LogP) is 4.43. The molecule has 1 saturated heterocycles. The molecule has 0 aliphatic carbocycles. The number of anilines is 1. The topological polar surface area (TPSA) is 117 Å². The van der Waals surface area contributed by atoms with Gasteiger partial charge in [0.2, 0.25) is 15.9 Å². The van der Waals surface area contributed by atoms with Gasteiger partial charge in [0, 0.05) is 41.0 Å². The van der Waals surface area contributed by atoms with Crippen LogP contribution in [0.15, 0.2) is 87.3 Å². The van der Waals surface area contributed by atoms with Gasteiger partial charge in [0.1, 0.15) is 0 Å². The molecular weight excluding hydrogens is 652 g/mol. The normalized spacial score (nSPS) is 15.0. The third kappa shape index (κ3) is 6.26. The smallest absolute Gasteiger partial charge is 0.251 e. The Labute approximate surface area is 262 Å². The Kier molecular flexibility index (Phi) is 8.66. The van der Waals surface area contributed by atoms with Crippen LogP contribution in [0.1, 0.15) is 34.6 Å². The Bertz CT molecular complexity index is 1750. The molecule has 2 amide bonds. The Morgan fingerprint density at radius 2 is 1.63 bits per heavy atom. The lowest BCUT2D eigenvalue weighted by atomic mass is 10.2. The highest BCUT2D eigenvalue weighted by molar-refractivity contribution is 9.10. The molecule has 1 N–H and O–H groups in total. The van der Waals surface area contributed by atoms with Crippen LogP contribution in [0, 0.1) is 0 Å². The van der Waals surface area contributed by atoms with E-state index in [1.807, 2.05) is 58.0 Å². The van der Waals surface area contributed by atoms with Crippen LogP contribution in [0.5, 0.6) is 0 Å². The van der Waals surface area contributed by atoms with Crippen molar-refractivity contribution in [2.24, 2.45) is 0 Å². The molecule has 0 saturated carbocycles. The monoisotopic (exact) mass is 680 g/mol. The fourth-order valence-corrected chi connectivity index (χ4v) is 7.90. The average molecular weight is 682 g/mol. The Balaban J connectivity index is 1.16. The van der Waals surface area contributed by atoms with Gasteiger partial charge in [0.25, 0.3) is 5.91 Å². The molecule has 0 bridgehead atoms. The van der Waals surface area contributed by atoms with E-state index in [-0.39, 0.29) is 29.0 Å². The summed E-state index contributed by atoms with van der Waals surface area (Å²) in [6.45, 7) is 1.76. The van der Waals surface area contributed by atoms with Crippen LogP contribution < -0.4 is 10.2 Å². The van der Waals surface area contributed by atoms with E-state index in [1.54, 1.807) is 0 Å². The predicted molar refractivity (Wildman–Crippen MR) is 168 cm³/mol. The number of carbonyl (C=O) groups excluding carboxylic acids is 2. The second-order valence-corrected chi connectivity index (χ2v) is 14.0. The number of hydrogen-bond acceptors (Lipinski definition) is 7. The number of nitrogens with one attached hydrogen (secondary N) is 1. The number of nitrogens with zero attached hydrogens (tertiary/aromatic N) is 5. The molecule has 10 nitrogen and oxygen atoms in total. The van der Waals surface area contributed by atoms with Crippen molar-refractivity contribution >= 4 is 55.2 Å². The first-order valence-electron chi connectivity index (χ1n) is 13.9. The molecule has 0 atom stereocenters. The molecule has 3 aromatic carbocycles. The number of rotatable bonds is 9. The molecule has 43 heavy (non-hydrogen) atoms. The van der Waals surface area contributed by atoms with Crippen LogP contribution in [0.25, 0.3) is 5.69 Å². The summed E-state index contributed by atoms with van der Waals surface area (Å²) in [4.78, 5) is 28.2. The van der Waals surface area contributed by atoms with Crippen molar-refractivity contribution < 1.29 is 18.0 Å². The fourth-order valence-electron chi connectivity index (χ4n) is 5.28. The standard InChI is InChI=1S/C30H29BrN6O4S2/c31-23-9-11-24(12-10-23)37-27(33-34-30(37)42-20-28(38)36-18-15-21-5-1-2-6-26(21)36)19-32-29(39)22-7-13-25(14-8-22)43(40,41)35-16-3-4-17-35/h1-2,5-14H,3-4,15-20H2,(H,32,39). The molecule has 13 heteroatoms. The van der Waals surface area contributed by atoms with Crippen molar-refractivity contribution in [1.29, 1.82) is 0 Å². The van der Waals surface area contributed by atoms with E-state index in [2.05, 4.69) is 31.4 Å². The summed E-state index contributed by atoms with van der Waals surface area (Å²) in [5.74, 6) is 0.297. The zero-order valence-corrected chi connectivity index (χ0v) is 26.4. The lowest BCUT2D eigenvalue weighted by Gasteiger charge is -2.17. The molecule has 1 aromatic heterocycles. The molecule has 6 rings (SSSR count). The number of sulfonamides is 1. The second kappa shape index (κ2) is 12.6. The first kappa shape index (κ1) is 29.5. The Morgan fingerprint density at radius 3 is 2.37 bits per heavy atom. The molecule has 3 heterocycles. The highest BCUT2D eigenvalue weighted by Gasteiger charge is 2.28. The number of thioether (sulfide) groups is 1. The summed E-state index contributed by atoms with van der Waals surface area (Å²) in [6, 6.07) is 21.5. The van der Waals surface area contributed by atoms with Crippen molar-refractivity contribution in [3.05, 3.63) is 94.2 Å². The highest BCUT2D eigenvalue weighted by Crippen LogP contribution is 2.30. The largest absolute Gasteiger partial charge is 0.345 e. The van der Waals surface area contributed by atoms with Gasteiger partial charge in [-0.05, 0) is 79.4 Å². The quantitative estimate of drug-likeness (QED) is 0.260. The minimum atomic E-state index is -3.56. The van der Waals surface area contributed by atoms with E-state index < -0.39 is 10.0 Å². The van der Waals surface area contributed by atoms with Crippen molar-refractivity contribution in [2.45, 2.75) is 35.9 Å². The Hall–Kier alpha value is -3.52. The summed E-state index contributed by atoms with van der Waals surface area (Å²) >= 11 is 4.76. The van der Waals surface area contributed by atoms with Gasteiger partial charge in [-0.2, -0.15) is 4.31 Å². The molecule has 222 valence electrons. The lowest BCUT2D eigenvalue weighted by molar-refractivity contribution is -0.116. The zero-order valence-electron chi connectivity index (χ0n) is 23.1. The molecular formula is C30H29BrN6O4S2. The van der Waals surface area contributed by atoms with E-state index in [0.29, 0.717) is 36.2 Å². The summed E-state index contributed by atoms with van der Waals surface area (Å²) in [5, 5.41) is 12.1. The number of halogens is 1. The number of carbonyl (C=O) groups is 2. The molecule has 0 unspecified atom stereocenters. The number of aromatic nitrogens is 3. The van der Waals surface area contributed by atoms with Crippen molar-refractivity contribution in [1.82, 2.24) is 24.4 Å². The minimum absolute atomic E-state index is 0.00893. The van der Waals surface area contributed by atoms with Gasteiger partial charge in [-0.25, -0.2) is 8.42 Å². The molecule has 2 aliphatic heterocycles. The summed E-state index contributed by atoms with van der Waals surface area (Å²) in [5.41, 5.74) is 3.24. The van der Waals surface area contributed by atoms with E-state index >= 15 is 0 Å². The van der Waals surface area contributed by atoms with E-state index in [0.717, 1.165) is 35.1 Å². The first-order chi connectivity index (χ1) is 20.8. The maximum absolute atomic E-state index is 13.2. The van der Waals surface area contributed by atoms with E-state index in [1.165, 1.54) is 45.9 Å². The first-order valence-corrected chi connectivity index (χ1v) is 17.1. The maximum atomic E-state index is 13.2. The van der Waals surface area contributed by atoms with Gasteiger partial charge in [-0.15, -0.1) is 10.2 Å². The van der Waals surface area contributed by atoms with Gasteiger partial charge >= 0.3 is 0 Å². The third-order valence-corrected chi connectivity index (χ3v) is 10.9. The number of fused-ring (bicyclic) bond motifs is 1.